The van der Waals surface area contributed by atoms with Crippen LogP contribution in [0.4, 0.5) is 5.69 Å². The maximum Gasteiger partial charge on any atom is 0.335 e. The number of carboxylic acid groups (broad SMARTS) is 1. The first-order valence-electron chi connectivity index (χ1n) is 7.09. The Bertz CT molecular complexity index is 502. The van der Waals surface area contributed by atoms with Crippen molar-refractivity contribution >= 4 is 11.7 Å². The topological polar surface area (TPSA) is 64.3 Å². The number of rotatable bonds is 7. The largest absolute Gasteiger partial charge is 0.478 e. The number of nitriles is 1. The van der Waals surface area contributed by atoms with Crippen LogP contribution in [0.15, 0.2) is 18.2 Å². The van der Waals surface area contributed by atoms with E-state index in [0.717, 1.165) is 31.6 Å². The minimum Gasteiger partial charge on any atom is -0.478 e. The third kappa shape index (κ3) is 3.74. The molecule has 0 aliphatic heterocycles. The molecule has 0 aliphatic rings. The highest BCUT2D eigenvalue weighted by Crippen LogP contribution is 2.24. The molecule has 1 rings (SSSR count). The summed E-state index contributed by atoms with van der Waals surface area (Å²) in [5.74, 6) is -0.420. The van der Waals surface area contributed by atoms with Gasteiger partial charge in [0, 0.05) is 13.1 Å². The highest BCUT2D eigenvalue weighted by molar-refractivity contribution is 5.89. The van der Waals surface area contributed by atoms with E-state index in [-0.39, 0.29) is 5.56 Å². The molecule has 0 heterocycles. The third-order valence-corrected chi connectivity index (χ3v) is 3.72. The molecule has 0 saturated heterocycles. The van der Waals surface area contributed by atoms with E-state index < -0.39 is 5.97 Å². The second-order valence-electron chi connectivity index (χ2n) is 4.87. The van der Waals surface area contributed by atoms with Gasteiger partial charge in [0.15, 0.2) is 0 Å². The van der Waals surface area contributed by atoms with Crippen molar-refractivity contribution in [3.8, 4) is 6.07 Å². The van der Waals surface area contributed by atoms with Crippen molar-refractivity contribution in [1.29, 1.82) is 5.26 Å². The average molecular weight is 274 g/mol. The molecule has 0 amide bonds. The third-order valence-electron chi connectivity index (χ3n) is 3.72. The molecule has 0 fully saturated rings. The van der Waals surface area contributed by atoms with E-state index in [4.69, 9.17) is 5.11 Å². The number of hydrogen-bond acceptors (Lipinski definition) is 3. The monoisotopic (exact) mass is 274 g/mol. The Morgan fingerprint density at radius 2 is 2.00 bits per heavy atom. The number of hydrogen-bond donors (Lipinski definition) is 1. The highest BCUT2D eigenvalue weighted by Gasteiger charge is 2.15. The van der Waals surface area contributed by atoms with Gasteiger partial charge in [0.1, 0.15) is 6.07 Å². The van der Waals surface area contributed by atoms with Gasteiger partial charge >= 0.3 is 5.97 Å². The first kappa shape index (κ1) is 16.0. The maximum atomic E-state index is 11.0. The molecule has 0 unspecified atom stereocenters. The van der Waals surface area contributed by atoms with Crippen LogP contribution in [-0.4, -0.2) is 24.2 Å². The molecule has 4 heteroatoms. The molecule has 0 radical (unpaired) electrons. The van der Waals surface area contributed by atoms with Gasteiger partial charge in [-0.25, -0.2) is 4.79 Å². The van der Waals surface area contributed by atoms with E-state index in [0.29, 0.717) is 11.5 Å². The van der Waals surface area contributed by atoms with Crippen molar-refractivity contribution in [3.05, 3.63) is 29.3 Å². The molecule has 0 saturated carbocycles. The number of benzene rings is 1. The van der Waals surface area contributed by atoms with Crippen molar-refractivity contribution in [2.45, 2.75) is 33.6 Å². The van der Waals surface area contributed by atoms with E-state index in [1.54, 1.807) is 12.1 Å². The summed E-state index contributed by atoms with van der Waals surface area (Å²) in [5.41, 5.74) is 1.41. The molecule has 4 nitrogen and oxygen atoms in total. The number of anilines is 1. The Kier molecular flexibility index (Phi) is 6.05. The summed E-state index contributed by atoms with van der Waals surface area (Å²) in [7, 11) is 0. The molecule has 0 aliphatic carbocycles. The molecule has 108 valence electrons. The van der Waals surface area contributed by atoms with Crippen LogP contribution in [0.5, 0.6) is 0 Å². The second kappa shape index (κ2) is 7.54. The zero-order valence-corrected chi connectivity index (χ0v) is 12.4. The zero-order chi connectivity index (χ0) is 15.1. The molecule has 20 heavy (non-hydrogen) atoms. The molecule has 0 spiro atoms. The van der Waals surface area contributed by atoms with Crippen LogP contribution in [0.25, 0.3) is 0 Å². The summed E-state index contributed by atoms with van der Waals surface area (Å²) in [4.78, 5) is 13.1. The lowest BCUT2D eigenvalue weighted by molar-refractivity contribution is 0.0697. The summed E-state index contributed by atoms with van der Waals surface area (Å²) in [6.07, 6.45) is 2.20. The van der Waals surface area contributed by atoms with Crippen molar-refractivity contribution in [1.82, 2.24) is 0 Å². The lowest BCUT2D eigenvalue weighted by Gasteiger charge is -2.28. The van der Waals surface area contributed by atoms with Crippen LogP contribution in [-0.2, 0) is 0 Å². The number of nitrogens with zero attached hydrogens (tertiary/aromatic N) is 2. The van der Waals surface area contributed by atoms with Crippen molar-refractivity contribution in [3.63, 3.8) is 0 Å². The number of aromatic carboxylic acids is 1. The van der Waals surface area contributed by atoms with Gasteiger partial charge in [0.05, 0.1) is 16.8 Å². The fourth-order valence-corrected chi connectivity index (χ4v) is 2.29. The molecule has 1 aromatic carbocycles. The Balaban J connectivity index is 3.09. The van der Waals surface area contributed by atoms with Crippen molar-refractivity contribution in [2.75, 3.05) is 18.0 Å². The lowest BCUT2D eigenvalue weighted by atomic mass is 10.0. The van der Waals surface area contributed by atoms with E-state index >= 15 is 0 Å². The summed E-state index contributed by atoms with van der Waals surface area (Å²) in [6.45, 7) is 8.08. The minimum absolute atomic E-state index is 0.156. The molecular formula is C16H22N2O2. The summed E-state index contributed by atoms with van der Waals surface area (Å²) < 4.78 is 0. The Hall–Kier alpha value is -2.02. The van der Waals surface area contributed by atoms with E-state index in [2.05, 4.69) is 31.7 Å². The first-order valence-corrected chi connectivity index (χ1v) is 7.09. The fourth-order valence-electron chi connectivity index (χ4n) is 2.29. The van der Waals surface area contributed by atoms with Gasteiger partial charge < -0.3 is 10.0 Å². The van der Waals surface area contributed by atoms with Crippen LogP contribution < -0.4 is 4.90 Å². The maximum absolute atomic E-state index is 11.0. The summed E-state index contributed by atoms with van der Waals surface area (Å²) in [5, 5.41) is 18.2. The van der Waals surface area contributed by atoms with Gasteiger partial charge in [0.2, 0.25) is 0 Å². The predicted molar refractivity (Wildman–Crippen MR) is 80.1 cm³/mol. The van der Waals surface area contributed by atoms with Gasteiger partial charge in [-0.2, -0.15) is 5.26 Å². The van der Waals surface area contributed by atoms with E-state index in [9.17, 15) is 10.1 Å². The van der Waals surface area contributed by atoms with Gasteiger partial charge in [-0.15, -0.1) is 0 Å². The number of carboxylic acids is 1. The molecule has 0 aromatic heterocycles. The van der Waals surface area contributed by atoms with Crippen molar-refractivity contribution in [2.24, 2.45) is 5.92 Å². The van der Waals surface area contributed by atoms with Gasteiger partial charge in [-0.1, -0.05) is 26.7 Å². The zero-order valence-electron chi connectivity index (χ0n) is 12.4. The van der Waals surface area contributed by atoms with Crippen LogP contribution in [0, 0.1) is 17.2 Å². The molecule has 1 N–H and O–H groups in total. The second-order valence-corrected chi connectivity index (χ2v) is 4.87. The molecule has 0 bridgehead atoms. The molecular weight excluding hydrogens is 252 g/mol. The standard InChI is InChI=1S/C16H22N2O2/c1-4-12(5-2)11-18(6-3)15-8-7-13(16(19)20)9-14(15)10-17/h7-9,12H,4-6,11H2,1-3H3,(H,19,20). The molecule has 1 aromatic rings. The molecule has 0 atom stereocenters. The van der Waals surface area contributed by atoms with Crippen molar-refractivity contribution < 1.29 is 9.90 Å². The van der Waals surface area contributed by atoms with Crippen LogP contribution in [0.3, 0.4) is 0 Å². The number of carbonyl (C=O) groups is 1. The summed E-state index contributed by atoms with van der Waals surface area (Å²) in [6, 6.07) is 6.87. The Labute approximate surface area is 120 Å². The van der Waals surface area contributed by atoms with Gasteiger partial charge in [-0.05, 0) is 31.0 Å². The van der Waals surface area contributed by atoms with Gasteiger partial charge in [0.25, 0.3) is 0 Å². The minimum atomic E-state index is -1.00. The average Bonchev–Trinajstić information content (AvgIpc) is 2.48. The van der Waals surface area contributed by atoms with Crippen LogP contribution >= 0.6 is 0 Å². The van der Waals surface area contributed by atoms with Gasteiger partial charge in [-0.3, -0.25) is 0 Å². The summed E-state index contributed by atoms with van der Waals surface area (Å²) >= 11 is 0. The Morgan fingerprint density at radius 1 is 1.35 bits per heavy atom. The Morgan fingerprint density at radius 3 is 2.45 bits per heavy atom. The van der Waals surface area contributed by atoms with E-state index in [1.807, 2.05) is 0 Å². The first-order chi connectivity index (χ1) is 9.57. The quantitative estimate of drug-likeness (QED) is 0.826. The fraction of sp³-hybridized carbons (Fsp3) is 0.500. The van der Waals surface area contributed by atoms with Crippen LogP contribution in [0.2, 0.25) is 0 Å². The van der Waals surface area contributed by atoms with Crippen LogP contribution in [0.1, 0.15) is 49.5 Å². The normalized spacial score (nSPS) is 10.3. The highest BCUT2D eigenvalue weighted by atomic mass is 16.4. The predicted octanol–water partition coefficient (Wildman–Crippen LogP) is 3.52. The SMILES string of the molecule is CCC(CC)CN(CC)c1ccc(C(=O)O)cc1C#N. The smallest absolute Gasteiger partial charge is 0.335 e. The van der Waals surface area contributed by atoms with E-state index in [1.165, 1.54) is 6.07 Å². The lowest BCUT2D eigenvalue weighted by Crippen LogP contribution is -2.29.